The van der Waals surface area contributed by atoms with Crippen LogP contribution in [0.4, 0.5) is 17.5 Å². The zero-order valence-corrected chi connectivity index (χ0v) is 13.2. The first kappa shape index (κ1) is 15.8. The SMILES string of the molecule is CCNc1ncc([N+](=O)[O-])c(NC2CCCCC2SC)n1. The molecule has 7 nitrogen and oxygen atoms in total. The molecule has 0 aromatic carbocycles. The molecule has 1 aromatic rings. The number of nitrogens with zero attached hydrogens (tertiary/aromatic N) is 3. The monoisotopic (exact) mass is 311 g/mol. The first-order valence-electron chi connectivity index (χ1n) is 7.20. The third kappa shape index (κ3) is 3.96. The molecule has 0 bridgehead atoms. The van der Waals surface area contributed by atoms with Gasteiger partial charge in [0.1, 0.15) is 6.20 Å². The van der Waals surface area contributed by atoms with Gasteiger partial charge in [-0.15, -0.1) is 0 Å². The van der Waals surface area contributed by atoms with Gasteiger partial charge in [-0.25, -0.2) is 4.98 Å². The number of rotatable bonds is 6. The second kappa shape index (κ2) is 7.44. The zero-order valence-electron chi connectivity index (χ0n) is 12.3. The molecule has 1 heterocycles. The summed E-state index contributed by atoms with van der Waals surface area (Å²) in [6.45, 7) is 2.61. The Morgan fingerprint density at radius 2 is 2.24 bits per heavy atom. The van der Waals surface area contributed by atoms with Crippen molar-refractivity contribution in [3.8, 4) is 0 Å². The summed E-state index contributed by atoms with van der Waals surface area (Å²) >= 11 is 1.81. The average molecular weight is 311 g/mol. The second-order valence-corrected chi connectivity index (χ2v) is 6.10. The molecule has 8 heteroatoms. The average Bonchev–Trinajstić information content (AvgIpc) is 2.48. The van der Waals surface area contributed by atoms with Gasteiger partial charge in [0, 0.05) is 17.8 Å². The van der Waals surface area contributed by atoms with Crippen LogP contribution in [-0.2, 0) is 0 Å². The highest BCUT2D eigenvalue weighted by Gasteiger charge is 2.27. The normalized spacial score (nSPS) is 21.8. The molecule has 2 atom stereocenters. The van der Waals surface area contributed by atoms with Gasteiger partial charge in [0.15, 0.2) is 0 Å². The van der Waals surface area contributed by atoms with Gasteiger partial charge < -0.3 is 10.6 Å². The molecule has 0 radical (unpaired) electrons. The van der Waals surface area contributed by atoms with Crippen LogP contribution < -0.4 is 10.6 Å². The Bertz CT molecular complexity index is 499. The second-order valence-electron chi connectivity index (χ2n) is 5.02. The van der Waals surface area contributed by atoms with Crippen molar-refractivity contribution >= 4 is 29.2 Å². The third-order valence-corrected chi connectivity index (χ3v) is 4.80. The fourth-order valence-electron chi connectivity index (χ4n) is 2.58. The summed E-state index contributed by atoms with van der Waals surface area (Å²) in [5.41, 5.74) is -0.0675. The lowest BCUT2D eigenvalue weighted by atomic mass is 9.95. The Labute approximate surface area is 128 Å². The van der Waals surface area contributed by atoms with E-state index in [1.807, 2.05) is 18.7 Å². The van der Waals surface area contributed by atoms with Crippen LogP contribution in [0.1, 0.15) is 32.6 Å². The molecule has 0 amide bonds. The number of hydrogen-bond acceptors (Lipinski definition) is 7. The van der Waals surface area contributed by atoms with Crippen molar-refractivity contribution in [2.45, 2.75) is 43.9 Å². The van der Waals surface area contributed by atoms with Crippen LogP contribution in [0.3, 0.4) is 0 Å². The summed E-state index contributed by atoms with van der Waals surface area (Å²) < 4.78 is 0. The van der Waals surface area contributed by atoms with Crippen molar-refractivity contribution in [1.82, 2.24) is 9.97 Å². The third-order valence-electron chi connectivity index (χ3n) is 3.63. The molecule has 0 saturated heterocycles. The maximum absolute atomic E-state index is 11.1. The molecule has 21 heavy (non-hydrogen) atoms. The van der Waals surface area contributed by atoms with Gasteiger partial charge in [-0.05, 0) is 26.0 Å². The quantitative estimate of drug-likeness (QED) is 0.616. The van der Waals surface area contributed by atoms with Gasteiger partial charge in [0.05, 0.1) is 4.92 Å². The maximum atomic E-state index is 11.1. The van der Waals surface area contributed by atoms with Crippen LogP contribution in [0.2, 0.25) is 0 Å². The van der Waals surface area contributed by atoms with Gasteiger partial charge in [0.25, 0.3) is 0 Å². The first-order valence-corrected chi connectivity index (χ1v) is 8.49. The number of nitrogens with one attached hydrogen (secondary N) is 2. The van der Waals surface area contributed by atoms with E-state index in [4.69, 9.17) is 0 Å². The Morgan fingerprint density at radius 1 is 1.48 bits per heavy atom. The van der Waals surface area contributed by atoms with E-state index in [9.17, 15) is 10.1 Å². The van der Waals surface area contributed by atoms with E-state index in [0.717, 1.165) is 19.3 Å². The molecule has 1 fully saturated rings. The lowest BCUT2D eigenvalue weighted by Gasteiger charge is -2.31. The van der Waals surface area contributed by atoms with Gasteiger partial charge in [-0.2, -0.15) is 16.7 Å². The zero-order chi connectivity index (χ0) is 15.2. The summed E-state index contributed by atoms with van der Waals surface area (Å²) in [4.78, 5) is 18.9. The van der Waals surface area contributed by atoms with Gasteiger partial charge >= 0.3 is 5.69 Å². The van der Waals surface area contributed by atoms with E-state index in [0.29, 0.717) is 23.6 Å². The largest absolute Gasteiger partial charge is 0.360 e. The maximum Gasteiger partial charge on any atom is 0.329 e. The van der Waals surface area contributed by atoms with E-state index in [1.54, 1.807) is 0 Å². The minimum atomic E-state index is -0.436. The summed E-state index contributed by atoms with van der Waals surface area (Å²) in [5, 5.41) is 17.9. The van der Waals surface area contributed by atoms with E-state index >= 15 is 0 Å². The van der Waals surface area contributed by atoms with Gasteiger partial charge in [-0.3, -0.25) is 10.1 Å². The summed E-state index contributed by atoms with van der Waals surface area (Å²) in [6, 6.07) is 0.219. The Balaban J connectivity index is 2.23. The fourth-order valence-corrected chi connectivity index (χ4v) is 3.51. The van der Waals surface area contributed by atoms with Crippen molar-refractivity contribution in [3.05, 3.63) is 16.3 Å². The van der Waals surface area contributed by atoms with Crippen LogP contribution in [0.25, 0.3) is 0 Å². The van der Waals surface area contributed by atoms with Gasteiger partial charge in [0.2, 0.25) is 11.8 Å². The van der Waals surface area contributed by atoms with Crippen LogP contribution in [0.5, 0.6) is 0 Å². The summed E-state index contributed by atoms with van der Waals surface area (Å²) in [5.74, 6) is 0.735. The van der Waals surface area contributed by atoms with Crippen LogP contribution >= 0.6 is 11.8 Å². The van der Waals surface area contributed by atoms with Crippen molar-refractivity contribution in [3.63, 3.8) is 0 Å². The minimum Gasteiger partial charge on any atom is -0.360 e. The lowest BCUT2D eigenvalue weighted by molar-refractivity contribution is -0.384. The smallest absolute Gasteiger partial charge is 0.329 e. The molecule has 2 unspecified atom stereocenters. The lowest BCUT2D eigenvalue weighted by Crippen LogP contribution is -2.34. The fraction of sp³-hybridized carbons (Fsp3) is 0.692. The highest BCUT2D eigenvalue weighted by Crippen LogP contribution is 2.31. The molecule has 1 saturated carbocycles. The van der Waals surface area contributed by atoms with E-state index in [-0.39, 0.29) is 11.7 Å². The molecule has 1 aliphatic rings. The Hall–Kier alpha value is -1.57. The molecular formula is C13H21N5O2S. The first-order chi connectivity index (χ1) is 10.2. The highest BCUT2D eigenvalue weighted by atomic mass is 32.2. The molecule has 2 N–H and O–H groups in total. The molecular weight excluding hydrogens is 290 g/mol. The molecule has 1 aliphatic carbocycles. The summed E-state index contributed by atoms with van der Waals surface area (Å²) in [7, 11) is 0. The predicted octanol–water partition coefficient (Wildman–Crippen LogP) is 2.90. The Kier molecular flexibility index (Phi) is 5.60. The highest BCUT2D eigenvalue weighted by molar-refractivity contribution is 7.99. The molecule has 0 aliphatic heterocycles. The number of nitro groups is 1. The molecule has 1 aromatic heterocycles. The molecule has 2 rings (SSSR count). The number of anilines is 2. The van der Waals surface area contributed by atoms with Crippen molar-refractivity contribution in [1.29, 1.82) is 0 Å². The molecule has 0 spiro atoms. The van der Waals surface area contributed by atoms with Crippen molar-refractivity contribution in [2.75, 3.05) is 23.4 Å². The number of aromatic nitrogens is 2. The number of hydrogen-bond donors (Lipinski definition) is 2. The van der Waals surface area contributed by atoms with Crippen molar-refractivity contribution < 1.29 is 4.92 Å². The topological polar surface area (TPSA) is 93.0 Å². The standard InChI is InChI=1S/C13H21N5O2S/c1-3-14-13-15-8-10(18(19)20)12(17-13)16-9-6-4-5-7-11(9)21-2/h8-9,11H,3-7H2,1-2H3,(H2,14,15,16,17). The number of thioether (sulfide) groups is 1. The van der Waals surface area contributed by atoms with Crippen molar-refractivity contribution in [2.24, 2.45) is 0 Å². The predicted molar refractivity (Wildman–Crippen MR) is 86.0 cm³/mol. The Morgan fingerprint density at radius 3 is 2.90 bits per heavy atom. The van der Waals surface area contributed by atoms with E-state index in [2.05, 4.69) is 26.9 Å². The van der Waals surface area contributed by atoms with E-state index < -0.39 is 4.92 Å². The van der Waals surface area contributed by atoms with E-state index in [1.165, 1.54) is 12.6 Å². The van der Waals surface area contributed by atoms with Crippen LogP contribution in [-0.4, -0.2) is 39.0 Å². The van der Waals surface area contributed by atoms with Crippen LogP contribution in [0.15, 0.2) is 6.20 Å². The summed E-state index contributed by atoms with van der Waals surface area (Å²) in [6.07, 6.45) is 7.88. The van der Waals surface area contributed by atoms with Gasteiger partial charge in [-0.1, -0.05) is 12.8 Å². The minimum absolute atomic E-state index is 0.0675. The molecule has 116 valence electrons. The van der Waals surface area contributed by atoms with Crippen LogP contribution in [0, 0.1) is 10.1 Å².